The lowest BCUT2D eigenvalue weighted by molar-refractivity contribution is -0.116. The van der Waals surface area contributed by atoms with E-state index in [1.807, 2.05) is 12.1 Å². The van der Waals surface area contributed by atoms with Crippen molar-refractivity contribution in [2.24, 2.45) is 0 Å². The molecule has 3 rings (SSSR count). The largest absolute Gasteiger partial charge is 0.381 e. The first-order chi connectivity index (χ1) is 10.1. The van der Waals surface area contributed by atoms with Gasteiger partial charge >= 0.3 is 0 Å². The fourth-order valence-corrected chi connectivity index (χ4v) is 2.60. The van der Waals surface area contributed by atoms with Crippen LogP contribution in [0.4, 0.5) is 17.2 Å². The van der Waals surface area contributed by atoms with E-state index in [9.17, 15) is 4.79 Å². The van der Waals surface area contributed by atoms with Gasteiger partial charge in [0.15, 0.2) is 5.82 Å². The summed E-state index contributed by atoms with van der Waals surface area (Å²) in [5.41, 5.74) is 8.78. The van der Waals surface area contributed by atoms with E-state index < -0.39 is 0 Å². The number of nitrogens with one attached hydrogen (secondary N) is 1. The lowest BCUT2D eigenvalue weighted by atomic mass is 10.0. The van der Waals surface area contributed by atoms with Crippen LogP contribution in [0.2, 0.25) is 0 Å². The zero-order valence-corrected chi connectivity index (χ0v) is 11.9. The second-order valence-electron chi connectivity index (χ2n) is 5.26. The Labute approximate surface area is 122 Å². The minimum absolute atomic E-state index is 0.0984. The van der Waals surface area contributed by atoms with Crippen LogP contribution in [0.1, 0.15) is 12.0 Å². The Morgan fingerprint density at radius 3 is 3.10 bits per heavy atom. The lowest BCUT2D eigenvalue weighted by Gasteiger charge is -2.27. The highest BCUT2D eigenvalue weighted by Gasteiger charge is 2.14. The molecule has 7 heteroatoms. The highest BCUT2D eigenvalue weighted by atomic mass is 16.2. The number of aromatic nitrogens is 3. The molecule has 1 aliphatic heterocycles. The monoisotopic (exact) mass is 286 g/mol. The Kier molecular flexibility index (Phi) is 3.47. The molecule has 3 N–H and O–H groups in total. The van der Waals surface area contributed by atoms with E-state index >= 15 is 0 Å². The normalized spacial score (nSPS) is 13.9. The molecular weight excluding hydrogens is 268 g/mol. The molecule has 2 heterocycles. The van der Waals surface area contributed by atoms with E-state index in [2.05, 4.69) is 33.6 Å². The molecule has 0 radical (unpaired) electrons. The standard InChI is InChI=1S/C14H18N6O/c1-19-6-2-3-10-7-11(4-5-12(10)19)16-14(21)9-20-8-13(15)17-18-20/h4-5,7-8H,2-3,6,9,15H2,1H3,(H,16,21). The van der Waals surface area contributed by atoms with Crippen molar-refractivity contribution in [3.63, 3.8) is 0 Å². The third kappa shape index (κ3) is 2.96. The average Bonchev–Trinajstić information content (AvgIpc) is 2.84. The van der Waals surface area contributed by atoms with Crippen LogP contribution in [0.5, 0.6) is 0 Å². The topological polar surface area (TPSA) is 89.1 Å². The number of nitrogens with zero attached hydrogens (tertiary/aromatic N) is 4. The predicted molar refractivity (Wildman–Crippen MR) is 81.1 cm³/mol. The Bertz CT molecular complexity index is 665. The number of nitrogens with two attached hydrogens (primary N) is 1. The molecule has 0 bridgehead atoms. The van der Waals surface area contributed by atoms with Crippen molar-refractivity contribution in [1.82, 2.24) is 15.0 Å². The van der Waals surface area contributed by atoms with Gasteiger partial charge in [-0.25, -0.2) is 4.68 Å². The summed E-state index contributed by atoms with van der Waals surface area (Å²) in [5, 5.41) is 10.3. The smallest absolute Gasteiger partial charge is 0.246 e. The second kappa shape index (κ2) is 5.43. The van der Waals surface area contributed by atoms with Gasteiger partial charge in [0.05, 0.1) is 6.20 Å². The van der Waals surface area contributed by atoms with Crippen LogP contribution in [0, 0.1) is 0 Å². The van der Waals surface area contributed by atoms with E-state index in [1.165, 1.54) is 22.1 Å². The number of fused-ring (bicyclic) bond motifs is 1. The van der Waals surface area contributed by atoms with Gasteiger partial charge in [-0.15, -0.1) is 5.10 Å². The van der Waals surface area contributed by atoms with Gasteiger partial charge in [-0.3, -0.25) is 4.79 Å². The molecule has 0 spiro atoms. The lowest BCUT2D eigenvalue weighted by Crippen LogP contribution is -2.25. The van der Waals surface area contributed by atoms with Gasteiger partial charge in [0.25, 0.3) is 0 Å². The molecule has 110 valence electrons. The van der Waals surface area contributed by atoms with E-state index in [-0.39, 0.29) is 12.5 Å². The average molecular weight is 286 g/mol. The molecule has 0 aliphatic carbocycles. The zero-order valence-electron chi connectivity index (χ0n) is 11.9. The molecule has 0 atom stereocenters. The van der Waals surface area contributed by atoms with Crippen LogP contribution in [-0.2, 0) is 17.8 Å². The van der Waals surface area contributed by atoms with Crippen molar-refractivity contribution in [3.8, 4) is 0 Å². The molecule has 1 aliphatic rings. The van der Waals surface area contributed by atoms with Crippen LogP contribution in [0.15, 0.2) is 24.4 Å². The van der Waals surface area contributed by atoms with Gasteiger partial charge in [0.2, 0.25) is 5.91 Å². The van der Waals surface area contributed by atoms with Crippen molar-refractivity contribution in [3.05, 3.63) is 30.0 Å². The number of carbonyl (C=O) groups excluding carboxylic acids is 1. The molecule has 21 heavy (non-hydrogen) atoms. The summed E-state index contributed by atoms with van der Waals surface area (Å²) in [7, 11) is 2.09. The molecule has 1 aromatic carbocycles. The highest BCUT2D eigenvalue weighted by molar-refractivity contribution is 5.91. The zero-order chi connectivity index (χ0) is 14.8. The van der Waals surface area contributed by atoms with Crippen LogP contribution in [0.3, 0.4) is 0 Å². The minimum Gasteiger partial charge on any atom is -0.381 e. The van der Waals surface area contributed by atoms with Crippen molar-refractivity contribution < 1.29 is 4.79 Å². The second-order valence-corrected chi connectivity index (χ2v) is 5.26. The molecule has 0 fully saturated rings. The SMILES string of the molecule is CN1CCCc2cc(NC(=O)Cn3cc(N)nn3)ccc21. The fourth-order valence-electron chi connectivity index (χ4n) is 2.60. The van der Waals surface area contributed by atoms with E-state index in [1.54, 1.807) is 0 Å². The van der Waals surface area contributed by atoms with E-state index in [4.69, 9.17) is 5.73 Å². The number of anilines is 3. The summed E-state index contributed by atoms with van der Waals surface area (Å²) in [5.74, 6) is 0.156. The Morgan fingerprint density at radius 2 is 2.33 bits per heavy atom. The van der Waals surface area contributed by atoms with Gasteiger partial charge < -0.3 is 16.0 Å². The summed E-state index contributed by atoms with van der Waals surface area (Å²) in [6.07, 6.45) is 3.71. The van der Waals surface area contributed by atoms with Gasteiger partial charge in [0, 0.05) is 25.0 Å². The molecule has 1 amide bonds. The number of nitrogen functional groups attached to an aromatic ring is 1. The number of amides is 1. The van der Waals surface area contributed by atoms with Gasteiger partial charge in [0.1, 0.15) is 6.54 Å². The summed E-state index contributed by atoms with van der Waals surface area (Å²) in [6, 6.07) is 6.02. The number of hydrogen-bond donors (Lipinski definition) is 2. The molecular formula is C14H18N6O. The molecule has 7 nitrogen and oxygen atoms in total. The molecule has 0 unspecified atom stereocenters. The van der Waals surface area contributed by atoms with E-state index in [0.29, 0.717) is 5.82 Å². The van der Waals surface area contributed by atoms with Crippen molar-refractivity contribution in [1.29, 1.82) is 0 Å². The maximum Gasteiger partial charge on any atom is 0.246 e. The number of hydrogen-bond acceptors (Lipinski definition) is 5. The molecule has 0 saturated heterocycles. The maximum atomic E-state index is 12.0. The van der Waals surface area contributed by atoms with Crippen molar-refractivity contribution in [2.45, 2.75) is 19.4 Å². The molecule has 0 saturated carbocycles. The Morgan fingerprint density at radius 1 is 1.48 bits per heavy atom. The van der Waals surface area contributed by atoms with Crippen molar-refractivity contribution in [2.75, 3.05) is 29.5 Å². The third-order valence-electron chi connectivity index (χ3n) is 3.58. The Hall–Kier alpha value is -2.57. The fraction of sp³-hybridized carbons (Fsp3) is 0.357. The molecule has 1 aromatic heterocycles. The number of rotatable bonds is 3. The highest BCUT2D eigenvalue weighted by Crippen LogP contribution is 2.28. The maximum absolute atomic E-state index is 12.0. The van der Waals surface area contributed by atoms with Gasteiger partial charge in [-0.05, 0) is 36.6 Å². The van der Waals surface area contributed by atoms with Gasteiger partial charge in [-0.1, -0.05) is 5.21 Å². The minimum atomic E-state index is -0.149. The molecule has 2 aromatic rings. The van der Waals surface area contributed by atoms with E-state index in [0.717, 1.165) is 25.1 Å². The summed E-state index contributed by atoms with van der Waals surface area (Å²) in [4.78, 5) is 14.2. The van der Waals surface area contributed by atoms with Gasteiger partial charge in [-0.2, -0.15) is 0 Å². The first-order valence-electron chi connectivity index (χ1n) is 6.91. The Balaban J connectivity index is 1.69. The summed E-state index contributed by atoms with van der Waals surface area (Å²) >= 11 is 0. The first kappa shape index (κ1) is 13.4. The summed E-state index contributed by atoms with van der Waals surface area (Å²) < 4.78 is 1.41. The number of benzene rings is 1. The van der Waals surface area contributed by atoms with Crippen LogP contribution >= 0.6 is 0 Å². The van der Waals surface area contributed by atoms with Crippen LogP contribution in [0.25, 0.3) is 0 Å². The number of aryl methyl sites for hydroxylation is 1. The van der Waals surface area contributed by atoms with Crippen LogP contribution < -0.4 is 16.0 Å². The quantitative estimate of drug-likeness (QED) is 0.874. The third-order valence-corrected chi connectivity index (χ3v) is 3.58. The predicted octanol–water partition coefficient (Wildman–Crippen LogP) is 0.881. The van der Waals surface area contributed by atoms with Crippen LogP contribution in [-0.4, -0.2) is 34.5 Å². The summed E-state index contributed by atoms with van der Waals surface area (Å²) in [6.45, 7) is 1.17. The number of carbonyl (C=O) groups is 1. The van der Waals surface area contributed by atoms with Crippen molar-refractivity contribution >= 4 is 23.1 Å². The first-order valence-corrected chi connectivity index (χ1v) is 6.91.